The Hall–Kier alpha value is -1.59. The van der Waals surface area contributed by atoms with E-state index < -0.39 is 18.0 Å². The van der Waals surface area contributed by atoms with Crippen LogP contribution in [0.4, 0.5) is 0 Å². The molecule has 0 heterocycles. The maximum atomic E-state index is 11.7. The van der Waals surface area contributed by atoms with Gasteiger partial charge in [-0.05, 0) is 12.3 Å². The second-order valence-electron chi connectivity index (χ2n) is 4.55. The van der Waals surface area contributed by atoms with E-state index in [0.717, 1.165) is 0 Å². The molecule has 104 valence electrons. The highest BCUT2D eigenvalue weighted by molar-refractivity contribution is 5.85. The van der Waals surface area contributed by atoms with Gasteiger partial charge in [-0.1, -0.05) is 20.8 Å². The predicted octanol–water partition coefficient (Wildman–Crippen LogP) is 0.801. The third kappa shape index (κ3) is 5.65. The molecule has 0 rings (SSSR count). The van der Waals surface area contributed by atoms with E-state index >= 15 is 0 Å². The minimum absolute atomic E-state index is 0.0264. The quantitative estimate of drug-likeness (QED) is 0.660. The number of carbonyl (C=O) groups is 3. The SMILES string of the molecule is COC(=O)CC[C@@H](NC(=O)C(C)C(C)C)C(=O)O. The first-order chi connectivity index (χ1) is 8.29. The van der Waals surface area contributed by atoms with E-state index in [1.54, 1.807) is 6.92 Å². The van der Waals surface area contributed by atoms with E-state index in [1.807, 2.05) is 13.8 Å². The molecule has 6 nitrogen and oxygen atoms in total. The Kier molecular flexibility index (Phi) is 7.00. The van der Waals surface area contributed by atoms with Gasteiger partial charge in [0, 0.05) is 12.3 Å². The molecular weight excluding hydrogens is 238 g/mol. The molecule has 0 aliphatic heterocycles. The highest BCUT2D eigenvalue weighted by Crippen LogP contribution is 2.10. The van der Waals surface area contributed by atoms with Gasteiger partial charge in [-0.15, -0.1) is 0 Å². The standard InChI is InChI=1S/C12H21NO5/c1-7(2)8(3)11(15)13-9(12(16)17)5-6-10(14)18-4/h7-9H,5-6H2,1-4H3,(H,13,15)(H,16,17)/t8?,9-/m1/s1. The van der Waals surface area contributed by atoms with Crippen LogP contribution in [0, 0.1) is 11.8 Å². The third-order valence-electron chi connectivity index (χ3n) is 2.89. The summed E-state index contributed by atoms with van der Waals surface area (Å²) in [5.41, 5.74) is 0. The van der Waals surface area contributed by atoms with Crippen LogP contribution in [0.3, 0.4) is 0 Å². The molecule has 1 amide bonds. The van der Waals surface area contributed by atoms with Crippen molar-refractivity contribution < 1.29 is 24.2 Å². The molecule has 6 heteroatoms. The Morgan fingerprint density at radius 2 is 1.78 bits per heavy atom. The second kappa shape index (κ2) is 7.68. The summed E-state index contributed by atoms with van der Waals surface area (Å²) in [5.74, 6) is -2.11. The summed E-state index contributed by atoms with van der Waals surface area (Å²) in [6, 6.07) is -1.06. The Labute approximate surface area is 107 Å². The highest BCUT2D eigenvalue weighted by atomic mass is 16.5. The molecule has 18 heavy (non-hydrogen) atoms. The zero-order chi connectivity index (χ0) is 14.3. The molecule has 0 aliphatic rings. The number of carbonyl (C=O) groups excluding carboxylic acids is 2. The van der Waals surface area contributed by atoms with Crippen molar-refractivity contribution in [3.05, 3.63) is 0 Å². The number of hydrogen-bond acceptors (Lipinski definition) is 4. The van der Waals surface area contributed by atoms with Crippen LogP contribution < -0.4 is 5.32 Å². The Balaban J connectivity index is 4.41. The number of carboxylic acid groups (broad SMARTS) is 1. The van der Waals surface area contributed by atoms with Gasteiger partial charge in [0.2, 0.25) is 5.91 Å². The Morgan fingerprint density at radius 3 is 2.17 bits per heavy atom. The summed E-state index contributed by atoms with van der Waals surface area (Å²) in [7, 11) is 1.23. The van der Waals surface area contributed by atoms with Crippen LogP contribution in [0.25, 0.3) is 0 Å². The number of ether oxygens (including phenoxy) is 1. The lowest BCUT2D eigenvalue weighted by molar-refractivity contribution is -0.144. The third-order valence-corrected chi connectivity index (χ3v) is 2.89. The van der Waals surface area contributed by atoms with Gasteiger partial charge >= 0.3 is 11.9 Å². The Bertz CT molecular complexity index is 314. The van der Waals surface area contributed by atoms with E-state index in [1.165, 1.54) is 7.11 Å². The number of amides is 1. The van der Waals surface area contributed by atoms with Gasteiger partial charge in [0.05, 0.1) is 7.11 Å². The topological polar surface area (TPSA) is 92.7 Å². The Morgan fingerprint density at radius 1 is 1.22 bits per heavy atom. The summed E-state index contributed by atoms with van der Waals surface area (Å²) in [4.78, 5) is 33.6. The average molecular weight is 259 g/mol. The van der Waals surface area contributed by atoms with Gasteiger partial charge < -0.3 is 15.2 Å². The molecule has 1 unspecified atom stereocenters. The van der Waals surface area contributed by atoms with Crippen LogP contribution in [-0.2, 0) is 19.1 Å². The zero-order valence-electron chi connectivity index (χ0n) is 11.2. The summed E-state index contributed by atoms with van der Waals surface area (Å²) in [5, 5.41) is 11.4. The van der Waals surface area contributed by atoms with Gasteiger partial charge in [0.25, 0.3) is 0 Å². The van der Waals surface area contributed by atoms with E-state index in [-0.39, 0.29) is 30.6 Å². The van der Waals surface area contributed by atoms with Crippen molar-refractivity contribution in [1.29, 1.82) is 0 Å². The fourth-order valence-electron chi connectivity index (χ4n) is 1.23. The lowest BCUT2D eigenvalue weighted by Crippen LogP contribution is -2.44. The number of rotatable bonds is 7. The molecule has 0 aromatic rings. The van der Waals surface area contributed by atoms with Crippen molar-refractivity contribution in [1.82, 2.24) is 5.32 Å². The molecule has 2 N–H and O–H groups in total. The van der Waals surface area contributed by atoms with Gasteiger partial charge in [0.15, 0.2) is 0 Å². The number of hydrogen-bond donors (Lipinski definition) is 2. The lowest BCUT2D eigenvalue weighted by Gasteiger charge is -2.19. The van der Waals surface area contributed by atoms with Crippen LogP contribution in [0.1, 0.15) is 33.6 Å². The van der Waals surface area contributed by atoms with E-state index in [2.05, 4.69) is 10.1 Å². The van der Waals surface area contributed by atoms with Crippen molar-refractivity contribution in [2.24, 2.45) is 11.8 Å². The van der Waals surface area contributed by atoms with Crippen molar-refractivity contribution in [3.8, 4) is 0 Å². The minimum Gasteiger partial charge on any atom is -0.480 e. The molecule has 0 aromatic heterocycles. The van der Waals surface area contributed by atoms with Crippen LogP contribution in [0.15, 0.2) is 0 Å². The second-order valence-corrected chi connectivity index (χ2v) is 4.55. The van der Waals surface area contributed by atoms with Gasteiger partial charge in [-0.2, -0.15) is 0 Å². The van der Waals surface area contributed by atoms with E-state index in [0.29, 0.717) is 0 Å². The molecule has 0 saturated heterocycles. The summed E-state index contributed by atoms with van der Waals surface area (Å²) in [6.07, 6.45) is -0.0115. The zero-order valence-corrected chi connectivity index (χ0v) is 11.2. The lowest BCUT2D eigenvalue weighted by atomic mass is 9.96. The monoisotopic (exact) mass is 259 g/mol. The summed E-state index contributed by atoms with van der Waals surface area (Å²) >= 11 is 0. The van der Waals surface area contributed by atoms with Crippen molar-refractivity contribution in [2.75, 3.05) is 7.11 Å². The van der Waals surface area contributed by atoms with Gasteiger partial charge in [-0.3, -0.25) is 9.59 Å². The van der Waals surface area contributed by atoms with E-state index in [4.69, 9.17) is 5.11 Å². The first-order valence-corrected chi connectivity index (χ1v) is 5.89. The van der Waals surface area contributed by atoms with Crippen molar-refractivity contribution in [3.63, 3.8) is 0 Å². The van der Waals surface area contributed by atoms with Crippen LogP contribution >= 0.6 is 0 Å². The van der Waals surface area contributed by atoms with Crippen molar-refractivity contribution in [2.45, 2.75) is 39.7 Å². The molecule has 0 saturated carbocycles. The maximum absolute atomic E-state index is 11.7. The number of aliphatic carboxylic acids is 1. The number of methoxy groups -OCH3 is 1. The van der Waals surface area contributed by atoms with Crippen LogP contribution in [-0.4, -0.2) is 36.1 Å². The largest absolute Gasteiger partial charge is 0.480 e. The first-order valence-electron chi connectivity index (χ1n) is 5.89. The molecule has 2 atom stereocenters. The average Bonchev–Trinajstić information content (AvgIpc) is 2.31. The fraction of sp³-hybridized carbons (Fsp3) is 0.750. The molecular formula is C12H21NO5. The van der Waals surface area contributed by atoms with Gasteiger partial charge in [0.1, 0.15) is 6.04 Å². The van der Waals surface area contributed by atoms with Gasteiger partial charge in [-0.25, -0.2) is 4.79 Å². The molecule has 0 spiro atoms. The maximum Gasteiger partial charge on any atom is 0.326 e. The minimum atomic E-state index is -1.15. The normalized spacial score (nSPS) is 13.8. The molecule has 0 radical (unpaired) electrons. The van der Waals surface area contributed by atoms with Crippen LogP contribution in [0.5, 0.6) is 0 Å². The summed E-state index contributed by atoms with van der Waals surface area (Å²) < 4.78 is 4.43. The fourth-order valence-corrected chi connectivity index (χ4v) is 1.23. The molecule has 0 fully saturated rings. The number of esters is 1. The number of nitrogens with one attached hydrogen (secondary N) is 1. The van der Waals surface area contributed by atoms with Crippen molar-refractivity contribution >= 4 is 17.8 Å². The summed E-state index contributed by atoms with van der Waals surface area (Å²) in [6.45, 7) is 5.50. The smallest absolute Gasteiger partial charge is 0.326 e. The predicted molar refractivity (Wildman–Crippen MR) is 64.8 cm³/mol. The number of carboxylic acids is 1. The molecule has 0 aromatic carbocycles. The highest BCUT2D eigenvalue weighted by Gasteiger charge is 2.24. The van der Waals surface area contributed by atoms with Crippen LogP contribution in [0.2, 0.25) is 0 Å². The molecule has 0 bridgehead atoms. The van der Waals surface area contributed by atoms with E-state index in [9.17, 15) is 14.4 Å². The first kappa shape index (κ1) is 16.4. The molecule has 0 aliphatic carbocycles.